The van der Waals surface area contributed by atoms with Crippen LogP contribution in [0.2, 0.25) is 0 Å². The lowest BCUT2D eigenvalue weighted by Gasteiger charge is -2.41. The van der Waals surface area contributed by atoms with Crippen LogP contribution in [0.4, 0.5) is 0 Å². The van der Waals surface area contributed by atoms with Crippen LogP contribution in [0.25, 0.3) is 0 Å². The standard InChI is InChI=1S/C13H22N2O4/c1-9(13(17)18)10-6-15(7-10)8-12(16)14-11-2-4-19-5-3-11/h9-11H,2-8H2,1H3,(H,14,16)(H,17,18). The van der Waals surface area contributed by atoms with E-state index in [9.17, 15) is 9.59 Å². The number of carbonyl (C=O) groups is 2. The number of rotatable bonds is 5. The summed E-state index contributed by atoms with van der Waals surface area (Å²) in [7, 11) is 0. The summed E-state index contributed by atoms with van der Waals surface area (Å²) in [6.45, 7) is 4.94. The highest BCUT2D eigenvalue weighted by Crippen LogP contribution is 2.23. The number of hydrogen-bond acceptors (Lipinski definition) is 4. The highest BCUT2D eigenvalue weighted by atomic mass is 16.5. The first kappa shape index (κ1) is 14.3. The molecule has 0 spiro atoms. The zero-order chi connectivity index (χ0) is 13.8. The van der Waals surface area contributed by atoms with Crippen LogP contribution in [0, 0.1) is 11.8 Å². The number of carboxylic acids is 1. The molecule has 0 aromatic carbocycles. The lowest BCUT2D eigenvalue weighted by molar-refractivity contribution is -0.145. The number of aliphatic carboxylic acids is 1. The molecule has 6 nitrogen and oxygen atoms in total. The third-order valence-corrected chi connectivity index (χ3v) is 4.04. The molecule has 1 unspecified atom stereocenters. The molecule has 2 heterocycles. The normalized spacial score (nSPS) is 23.6. The van der Waals surface area contributed by atoms with E-state index in [1.54, 1.807) is 6.92 Å². The van der Waals surface area contributed by atoms with Crippen molar-refractivity contribution in [3.05, 3.63) is 0 Å². The predicted octanol–water partition coefficient (Wildman–Crippen LogP) is -0.0659. The first-order valence-electron chi connectivity index (χ1n) is 6.88. The van der Waals surface area contributed by atoms with E-state index in [0.29, 0.717) is 32.8 Å². The quantitative estimate of drug-likeness (QED) is 0.731. The van der Waals surface area contributed by atoms with Crippen LogP contribution in [-0.2, 0) is 14.3 Å². The number of carboxylic acid groups (broad SMARTS) is 1. The molecule has 0 aromatic rings. The molecule has 2 aliphatic rings. The molecule has 19 heavy (non-hydrogen) atoms. The second-order valence-electron chi connectivity index (χ2n) is 5.54. The average Bonchev–Trinajstić information content (AvgIpc) is 2.33. The third kappa shape index (κ3) is 3.91. The molecule has 0 bridgehead atoms. The average molecular weight is 270 g/mol. The Labute approximate surface area is 113 Å². The van der Waals surface area contributed by atoms with Gasteiger partial charge in [0, 0.05) is 32.3 Å². The van der Waals surface area contributed by atoms with Crippen molar-refractivity contribution in [2.24, 2.45) is 11.8 Å². The maximum atomic E-state index is 11.8. The van der Waals surface area contributed by atoms with Gasteiger partial charge in [-0.15, -0.1) is 0 Å². The second kappa shape index (κ2) is 6.34. The summed E-state index contributed by atoms with van der Waals surface area (Å²) in [6.07, 6.45) is 1.76. The Morgan fingerprint density at radius 1 is 1.37 bits per heavy atom. The molecule has 0 aromatic heterocycles. The molecular formula is C13H22N2O4. The minimum atomic E-state index is -0.753. The number of amides is 1. The molecule has 1 amide bonds. The number of ether oxygens (including phenoxy) is 1. The molecule has 6 heteroatoms. The summed E-state index contributed by atoms with van der Waals surface area (Å²) in [5.41, 5.74) is 0. The van der Waals surface area contributed by atoms with Gasteiger partial charge in [-0.3, -0.25) is 14.5 Å². The van der Waals surface area contributed by atoms with Crippen LogP contribution in [0.15, 0.2) is 0 Å². The largest absolute Gasteiger partial charge is 0.481 e. The summed E-state index contributed by atoms with van der Waals surface area (Å²) >= 11 is 0. The minimum absolute atomic E-state index is 0.0355. The fourth-order valence-corrected chi connectivity index (χ4v) is 2.58. The van der Waals surface area contributed by atoms with Gasteiger partial charge < -0.3 is 15.2 Å². The lowest BCUT2D eigenvalue weighted by Crippen LogP contribution is -2.54. The van der Waals surface area contributed by atoms with Crippen LogP contribution in [0.5, 0.6) is 0 Å². The van der Waals surface area contributed by atoms with Gasteiger partial charge in [-0.25, -0.2) is 0 Å². The first-order valence-corrected chi connectivity index (χ1v) is 6.88. The van der Waals surface area contributed by atoms with Crippen molar-refractivity contribution < 1.29 is 19.4 Å². The van der Waals surface area contributed by atoms with E-state index in [4.69, 9.17) is 9.84 Å². The van der Waals surface area contributed by atoms with E-state index >= 15 is 0 Å². The minimum Gasteiger partial charge on any atom is -0.481 e. The summed E-state index contributed by atoms with van der Waals surface area (Å²) < 4.78 is 5.24. The maximum absolute atomic E-state index is 11.8. The Morgan fingerprint density at radius 3 is 2.58 bits per heavy atom. The Bertz CT molecular complexity index is 336. The topological polar surface area (TPSA) is 78.9 Å². The fraction of sp³-hybridized carbons (Fsp3) is 0.846. The molecule has 1 atom stereocenters. The smallest absolute Gasteiger partial charge is 0.306 e. The molecule has 108 valence electrons. The van der Waals surface area contributed by atoms with Gasteiger partial charge in [-0.2, -0.15) is 0 Å². The monoisotopic (exact) mass is 270 g/mol. The van der Waals surface area contributed by atoms with Crippen LogP contribution >= 0.6 is 0 Å². The van der Waals surface area contributed by atoms with E-state index in [-0.39, 0.29) is 23.8 Å². The zero-order valence-corrected chi connectivity index (χ0v) is 11.3. The molecule has 0 aliphatic carbocycles. The van der Waals surface area contributed by atoms with E-state index in [0.717, 1.165) is 12.8 Å². The van der Waals surface area contributed by atoms with Gasteiger partial charge in [-0.05, 0) is 18.8 Å². The molecule has 2 N–H and O–H groups in total. The Balaban J connectivity index is 1.63. The van der Waals surface area contributed by atoms with Gasteiger partial charge in [0.1, 0.15) is 0 Å². The van der Waals surface area contributed by atoms with E-state index in [1.165, 1.54) is 0 Å². The number of nitrogens with one attached hydrogen (secondary N) is 1. The number of nitrogens with zero attached hydrogens (tertiary/aromatic N) is 1. The Kier molecular flexibility index (Phi) is 4.76. The van der Waals surface area contributed by atoms with Gasteiger partial charge in [0.15, 0.2) is 0 Å². The van der Waals surface area contributed by atoms with Crippen molar-refractivity contribution >= 4 is 11.9 Å². The fourth-order valence-electron chi connectivity index (χ4n) is 2.58. The molecule has 0 saturated carbocycles. The van der Waals surface area contributed by atoms with Crippen molar-refractivity contribution in [1.82, 2.24) is 10.2 Å². The van der Waals surface area contributed by atoms with Crippen LogP contribution in [-0.4, -0.2) is 60.8 Å². The predicted molar refractivity (Wildman–Crippen MR) is 68.7 cm³/mol. The van der Waals surface area contributed by atoms with Gasteiger partial charge in [0.2, 0.25) is 5.91 Å². The number of likely N-dealkylation sites (tertiary alicyclic amines) is 1. The first-order chi connectivity index (χ1) is 9.06. The number of hydrogen-bond donors (Lipinski definition) is 2. The number of carbonyl (C=O) groups excluding carboxylic acids is 1. The van der Waals surface area contributed by atoms with E-state index in [2.05, 4.69) is 5.32 Å². The third-order valence-electron chi connectivity index (χ3n) is 4.04. The molecule has 0 radical (unpaired) electrons. The van der Waals surface area contributed by atoms with Gasteiger partial charge in [0.05, 0.1) is 12.5 Å². The molecule has 2 saturated heterocycles. The van der Waals surface area contributed by atoms with Crippen LogP contribution in [0.3, 0.4) is 0 Å². The summed E-state index contributed by atoms with van der Waals surface area (Å²) in [6, 6.07) is 0.233. The molecular weight excluding hydrogens is 248 g/mol. The van der Waals surface area contributed by atoms with Gasteiger partial charge in [0.25, 0.3) is 0 Å². The highest BCUT2D eigenvalue weighted by molar-refractivity contribution is 5.78. The van der Waals surface area contributed by atoms with Crippen molar-refractivity contribution in [2.45, 2.75) is 25.8 Å². The van der Waals surface area contributed by atoms with Crippen molar-refractivity contribution in [3.63, 3.8) is 0 Å². The molecule has 2 fully saturated rings. The zero-order valence-electron chi connectivity index (χ0n) is 11.3. The van der Waals surface area contributed by atoms with Crippen molar-refractivity contribution in [2.75, 3.05) is 32.8 Å². The Morgan fingerprint density at radius 2 is 2.00 bits per heavy atom. The van der Waals surface area contributed by atoms with Crippen LogP contribution in [0.1, 0.15) is 19.8 Å². The highest BCUT2D eigenvalue weighted by Gasteiger charge is 2.35. The van der Waals surface area contributed by atoms with Crippen molar-refractivity contribution in [1.29, 1.82) is 0 Å². The summed E-state index contributed by atoms with van der Waals surface area (Å²) in [4.78, 5) is 24.6. The van der Waals surface area contributed by atoms with Gasteiger partial charge in [-0.1, -0.05) is 6.92 Å². The van der Waals surface area contributed by atoms with Crippen LogP contribution < -0.4 is 5.32 Å². The summed E-state index contributed by atoms with van der Waals surface area (Å²) in [5.74, 6) is -0.868. The SMILES string of the molecule is CC(C(=O)O)C1CN(CC(=O)NC2CCOCC2)C1. The lowest BCUT2D eigenvalue weighted by atomic mass is 9.87. The molecule has 2 rings (SSSR count). The second-order valence-corrected chi connectivity index (χ2v) is 5.54. The van der Waals surface area contributed by atoms with E-state index < -0.39 is 5.97 Å². The van der Waals surface area contributed by atoms with Crippen molar-refractivity contribution in [3.8, 4) is 0 Å². The maximum Gasteiger partial charge on any atom is 0.306 e. The van der Waals surface area contributed by atoms with E-state index in [1.807, 2.05) is 4.90 Å². The molecule has 2 aliphatic heterocycles. The Hall–Kier alpha value is -1.14. The summed E-state index contributed by atoms with van der Waals surface area (Å²) in [5, 5.41) is 11.9. The van der Waals surface area contributed by atoms with Gasteiger partial charge >= 0.3 is 5.97 Å².